The number of H-pyrrole nitrogens is 1. The number of nitrogens with zero attached hydrogens (tertiary/aromatic N) is 2. The summed E-state index contributed by atoms with van der Waals surface area (Å²) in [5, 5.41) is 13.6. The van der Waals surface area contributed by atoms with Crippen molar-refractivity contribution in [3.05, 3.63) is 76.4 Å². The summed E-state index contributed by atoms with van der Waals surface area (Å²) in [5.41, 5.74) is 6.88. The Morgan fingerprint density at radius 3 is 2.70 bits per heavy atom. The summed E-state index contributed by atoms with van der Waals surface area (Å²) in [7, 11) is 0. The van der Waals surface area contributed by atoms with Crippen LogP contribution in [0.15, 0.2) is 42.7 Å². The molecule has 0 bridgehead atoms. The lowest BCUT2D eigenvalue weighted by atomic mass is 10.1. The van der Waals surface area contributed by atoms with Gasteiger partial charge < -0.3 is 10.6 Å². The van der Waals surface area contributed by atoms with Gasteiger partial charge in [-0.3, -0.25) is 14.9 Å². The molecule has 0 saturated heterocycles. The SMILES string of the molecule is Cc1n[nH]c(C)c1CCNC(=O)c1cccc(NCc2cccnc2)c1C. The van der Waals surface area contributed by atoms with Crippen molar-refractivity contribution in [1.29, 1.82) is 0 Å². The van der Waals surface area contributed by atoms with Gasteiger partial charge in [-0.2, -0.15) is 5.10 Å². The van der Waals surface area contributed by atoms with Gasteiger partial charge in [0.15, 0.2) is 0 Å². The molecule has 0 spiro atoms. The molecule has 27 heavy (non-hydrogen) atoms. The molecule has 140 valence electrons. The molecule has 1 aromatic carbocycles. The maximum absolute atomic E-state index is 12.6. The number of aromatic amines is 1. The summed E-state index contributed by atoms with van der Waals surface area (Å²) >= 11 is 0. The van der Waals surface area contributed by atoms with Crippen LogP contribution in [0.1, 0.15) is 38.4 Å². The van der Waals surface area contributed by atoms with Crippen molar-refractivity contribution in [3.63, 3.8) is 0 Å². The average Bonchev–Trinajstić information content (AvgIpc) is 3.00. The molecule has 0 radical (unpaired) electrons. The van der Waals surface area contributed by atoms with E-state index in [0.29, 0.717) is 18.7 Å². The van der Waals surface area contributed by atoms with Gasteiger partial charge in [-0.15, -0.1) is 0 Å². The van der Waals surface area contributed by atoms with Crippen LogP contribution in [0.3, 0.4) is 0 Å². The fourth-order valence-corrected chi connectivity index (χ4v) is 3.11. The predicted octanol–water partition coefficient (Wildman–Crippen LogP) is 3.31. The lowest BCUT2D eigenvalue weighted by Gasteiger charge is -2.13. The summed E-state index contributed by atoms with van der Waals surface area (Å²) < 4.78 is 0. The lowest BCUT2D eigenvalue weighted by molar-refractivity contribution is 0.0953. The smallest absolute Gasteiger partial charge is 0.251 e. The fraction of sp³-hybridized carbons (Fsp3) is 0.286. The topological polar surface area (TPSA) is 82.7 Å². The van der Waals surface area contributed by atoms with Crippen LogP contribution in [0.4, 0.5) is 5.69 Å². The van der Waals surface area contributed by atoms with Crippen LogP contribution in [0.2, 0.25) is 0 Å². The quantitative estimate of drug-likeness (QED) is 0.601. The van der Waals surface area contributed by atoms with Crippen molar-refractivity contribution in [3.8, 4) is 0 Å². The molecular formula is C21H25N5O. The van der Waals surface area contributed by atoms with Gasteiger partial charge in [0.2, 0.25) is 0 Å². The number of aryl methyl sites for hydroxylation is 2. The summed E-state index contributed by atoms with van der Waals surface area (Å²) in [4.78, 5) is 16.7. The Kier molecular flexibility index (Phi) is 5.86. The zero-order valence-corrected chi connectivity index (χ0v) is 16.0. The monoisotopic (exact) mass is 363 g/mol. The molecule has 6 heteroatoms. The van der Waals surface area contributed by atoms with Gasteiger partial charge in [0.25, 0.3) is 5.91 Å². The van der Waals surface area contributed by atoms with Crippen LogP contribution in [-0.2, 0) is 13.0 Å². The number of pyridine rings is 1. The number of hydrogen-bond donors (Lipinski definition) is 3. The third-order valence-electron chi connectivity index (χ3n) is 4.73. The van der Waals surface area contributed by atoms with Crippen LogP contribution < -0.4 is 10.6 Å². The number of carbonyl (C=O) groups excluding carboxylic acids is 1. The molecule has 3 aromatic rings. The Morgan fingerprint density at radius 2 is 2.00 bits per heavy atom. The molecule has 0 saturated carbocycles. The zero-order chi connectivity index (χ0) is 19.2. The van der Waals surface area contributed by atoms with E-state index in [2.05, 4.69) is 25.8 Å². The van der Waals surface area contributed by atoms with Crippen molar-refractivity contribution < 1.29 is 4.79 Å². The Labute approximate surface area is 159 Å². The van der Waals surface area contributed by atoms with Crippen LogP contribution in [0.5, 0.6) is 0 Å². The molecule has 1 amide bonds. The predicted molar refractivity (Wildman–Crippen MR) is 107 cm³/mol. The first kappa shape index (κ1) is 18.6. The second kappa shape index (κ2) is 8.49. The zero-order valence-electron chi connectivity index (χ0n) is 16.0. The molecule has 0 fully saturated rings. The third kappa shape index (κ3) is 4.53. The first-order chi connectivity index (χ1) is 13.1. The standard InChI is InChI=1S/C21H25N5O/c1-14-18(21(27)23-11-9-19-15(2)25-26-16(19)3)7-4-8-20(14)24-13-17-6-5-10-22-12-17/h4-8,10,12,24H,9,11,13H2,1-3H3,(H,23,27)(H,25,26). The second-order valence-electron chi connectivity index (χ2n) is 6.61. The van der Waals surface area contributed by atoms with E-state index in [1.54, 1.807) is 6.20 Å². The summed E-state index contributed by atoms with van der Waals surface area (Å²) in [6.07, 6.45) is 4.35. The van der Waals surface area contributed by atoms with E-state index >= 15 is 0 Å². The Hall–Kier alpha value is -3.15. The number of aromatic nitrogens is 3. The van der Waals surface area contributed by atoms with E-state index < -0.39 is 0 Å². The molecule has 3 rings (SSSR count). The van der Waals surface area contributed by atoms with Crippen LogP contribution in [-0.4, -0.2) is 27.6 Å². The highest BCUT2D eigenvalue weighted by Crippen LogP contribution is 2.20. The molecular weight excluding hydrogens is 338 g/mol. The third-order valence-corrected chi connectivity index (χ3v) is 4.73. The van der Waals surface area contributed by atoms with E-state index in [0.717, 1.165) is 34.6 Å². The summed E-state index contributed by atoms with van der Waals surface area (Å²) in [5.74, 6) is -0.0590. The van der Waals surface area contributed by atoms with Gasteiger partial charge in [-0.05, 0) is 62.1 Å². The van der Waals surface area contributed by atoms with Gasteiger partial charge in [0.05, 0.1) is 5.69 Å². The molecule has 0 aliphatic carbocycles. The number of carbonyl (C=O) groups is 1. The van der Waals surface area contributed by atoms with E-state index in [1.807, 2.05) is 57.3 Å². The number of hydrogen-bond acceptors (Lipinski definition) is 4. The minimum atomic E-state index is -0.0590. The van der Waals surface area contributed by atoms with Crippen molar-refractivity contribution >= 4 is 11.6 Å². The maximum atomic E-state index is 12.6. The highest BCUT2D eigenvalue weighted by Gasteiger charge is 2.12. The summed E-state index contributed by atoms with van der Waals surface area (Å²) in [6, 6.07) is 9.68. The largest absolute Gasteiger partial charge is 0.381 e. The van der Waals surface area contributed by atoms with Gasteiger partial charge in [-0.1, -0.05) is 12.1 Å². The minimum Gasteiger partial charge on any atom is -0.381 e. The molecule has 3 N–H and O–H groups in total. The minimum absolute atomic E-state index is 0.0590. The molecule has 2 aromatic heterocycles. The molecule has 6 nitrogen and oxygen atoms in total. The number of rotatable bonds is 7. The molecule has 0 unspecified atom stereocenters. The molecule has 0 atom stereocenters. The highest BCUT2D eigenvalue weighted by molar-refractivity contribution is 5.97. The van der Waals surface area contributed by atoms with Gasteiger partial charge in [0.1, 0.15) is 0 Å². The van der Waals surface area contributed by atoms with Gasteiger partial charge in [0, 0.05) is 42.4 Å². The number of anilines is 1. The molecule has 0 aliphatic rings. The van der Waals surface area contributed by atoms with Crippen molar-refractivity contribution in [2.75, 3.05) is 11.9 Å². The fourth-order valence-electron chi connectivity index (χ4n) is 3.11. The van der Waals surface area contributed by atoms with E-state index in [1.165, 1.54) is 5.56 Å². The number of nitrogens with one attached hydrogen (secondary N) is 3. The Bertz CT molecular complexity index is 898. The van der Waals surface area contributed by atoms with E-state index in [-0.39, 0.29) is 5.91 Å². The van der Waals surface area contributed by atoms with E-state index in [4.69, 9.17) is 0 Å². The van der Waals surface area contributed by atoms with Gasteiger partial charge in [-0.25, -0.2) is 0 Å². The first-order valence-corrected chi connectivity index (χ1v) is 9.07. The van der Waals surface area contributed by atoms with Crippen LogP contribution >= 0.6 is 0 Å². The number of benzene rings is 1. The van der Waals surface area contributed by atoms with Crippen molar-refractivity contribution in [2.24, 2.45) is 0 Å². The van der Waals surface area contributed by atoms with Gasteiger partial charge >= 0.3 is 0 Å². The molecule has 0 aliphatic heterocycles. The van der Waals surface area contributed by atoms with Crippen LogP contribution in [0, 0.1) is 20.8 Å². The summed E-state index contributed by atoms with van der Waals surface area (Å²) in [6.45, 7) is 7.18. The Balaban J connectivity index is 1.61. The van der Waals surface area contributed by atoms with Crippen LogP contribution in [0.25, 0.3) is 0 Å². The second-order valence-corrected chi connectivity index (χ2v) is 6.61. The van der Waals surface area contributed by atoms with E-state index in [9.17, 15) is 4.79 Å². The van der Waals surface area contributed by atoms with Crippen molar-refractivity contribution in [1.82, 2.24) is 20.5 Å². The highest BCUT2D eigenvalue weighted by atomic mass is 16.1. The lowest BCUT2D eigenvalue weighted by Crippen LogP contribution is -2.26. The van der Waals surface area contributed by atoms with Crippen molar-refractivity contribution in [2.45, 2.75) is 33.7 Å². The average molecular weight is 363 g/mol. The maximum Gasteiger partial charge on any atom is 0.251 e. The number of amides is 1. The first-order valence-electron chi connectivity index (χ1n) is 9.07. The normalized spacial score (nSPS) is 10.6. The Morgan fingerprint density at radius 1 is 1.15 bits per heavy atom. The molecule has 2 heterocycles.